The average Bonchev–Trinajstić information content (AvgIpc) is 2.27. The topological polar surface area (TPSA) is 63.4 Å². The number of non-ortho nitro benzene ring substituents is 1. The van der Waals surface area contributed by atoms with Crippen LogP contribution in [-0.2, 0) is 10.8 Å². The van der Waals surface area contributed by atoms with E-state index in [2.05, 4.69) is 0 Å². The van der Waals surface area contributed by atoms with Crippen molar-refractivity contribution in [3.05, 3.63) is 33.4 Å². The smallest absolute Gasteiger partial charge is 0.270 e. The molecule has 0 aromatic heterocycles. The van der Waals surface area contributed by atoms with Crippen molar-refractivity contribution in [1.29, 1.82) is 0 Å². The van der Waals surface area contributed by atoms with Crippen LogP contribution in [0.3, 0.4) is 0 Å². The van der Waals surface area contributed by atoms with Crippen LogP contribution in [-0.4, -0.2) is 10.0 Å². The molecule has 0 aliphatic carbocycles. The minimum atomic E-state index is -0.399. The molecule has 0 amide bonds. The fourth-order valence-electron chi connectivity index (χ4n) is 2.00. The molecule has 0 radical (unpaired) electrons. The van der Waals surface area contributed by atoms with Gasteiger partial charge in [0.25, 0.3) is 5.69 Å². The second-order valence-electron chi connectivity index (χ2n) is 6.63. The number of benzene rings is 1. The second kappa shape index (κ2) is 4.83. The highest BCUT2D eigenvalue weighted by atomic mass is 16.6. The van der Waals surface area contributed by atoms with Crippen LogP contribution in [0.1, 0.15) is 59.1 Å². The summed E-state index contributed by atoms with van der Waals surface area (Å²) in [6.45, 7) is 11.8. The molecule has 0 unspecified atom stereocenters. The van der Waals surface area contributed by atoms with Crippen molar-refractivity contribution in [2.45, 2.75) is 58.8 Å². The molecule has 19 heavy (non-hydrogen) atoms. The van der Waals surface area contributed by atoms with E-state index < -0.39 is 4.92 Å². The molecule has 0 fully saturated rings. The highest BCUT2D eigenvalue weighted by molar-refractivity contribution is 5.54. The Morgan fingerprint density at radius 1 is 1.16 bits per heavy atom. The Morgan fingerprint density at radius 2 is 1.63 bits per heavy atom. The van der Waals surface area contributed by atoms with E-state index in [1.807, 2.05) is 41.5 Å². The Bertz CT molecular complexity index is 499. The van der Waals surface area contributed by atoms with Gasteiger partial charge < -0.3 is 5.11 Å². The van der Waals surface area contributed by atoms with Gasteiger partial charge in [-0.15, -0.1) is 0 Å². The lowest BCUT2D eigenvalue weighted by atomic mass is 9.77. The zero-order valence-electron chi connectivity index (χ0n) is 12.6. The van der Waals surface area contributed by atoms with Gasteiger partial charge in [0.15, 0.2) is 0 Å². The Balaban J connectivity index is 3.65. The van der Waals surface area contributed by atoms with E-state index in [9.17, 15) is 15.2 Å². The maximum Gasteiger partial charge on any atom is 0.270 e. The fourth-order valence-corrected chi connectivity index (χ4v) is 2.00. The molecule has 1 aromatic rings. The maximum atomic E-state index is 11.1. The largest absolute Gasteiger partial charge is 0.507 e. The van der Waals surface area contributed by atoms with Crippen LogP contribution in [0.15, 0.2) is 12.1 Å². The Hall–Kier alpha value is -1.58. The molecular weight excluding hydrogens is 242 g/mol. The second-order valence-corrected chi connectivity index (χ2v) is 6.63. The van der Waals surface area contributed by atoms with Crippen LogP contribution < -0.4 is 0 Å². The lowest BCUT2D eigenvalue weighted by Gasteiger charge is -2.28. The molecule has 0 atom stereocenters. The normalized spacial score (nSPS) is 12.5. The fraction of sp³-hybridized carbons (Fsp3) is 0.600. The molecule has 1 N–H and O–H groups in total. The highest BCUT2D eigenvalue weighted by Crippen LogP contribution is 2.42. The van der Waals surface area contributed by atoms with Gasteiger partial charge in [-0.05, 0) is 17.3 Å². The zero-order chi connectivity index (χ0) is 15.0. The minimum absolute atomic E-state index is 0.0410. The van der Waals surface area contributed by atoms with Crippen LogP contribution in [0.4, 0.5) is 5.69 Å². The van der Waals surface area contributed by atoms with E-state index in [4.69, 9.17) is 0 Å². The first-order valence-electron chi connectivity index (χ1n) is 6.53. The van der Waals surface area contributed by atoms with Crippen LogP contribution in [0.2, 0.25) is 0 Å². The first-order valence-corrected chi connectivity index (χ1v) is 6.53. The van der Waals surface area contributed by atoms with Gasteiger partial charge in [-0.25, -0.2) is 0 Å². The summed E-state index contributed by atoms with van der Waals surface area (Å²) < 4.78 is 0. The number of hydrogen-bond donors (Lipinski definition) is 1. The van der Waals surface area contributed by atoms with Crippen molar-refractivity contribution in [1.82, 2.24) is 0 Å². The summed E-state index contributed by atoms with van der Waals surface area (Å²) in [5, 5.41) is 21.6. The Morgan fingerprint density at radius 3 is 2.00 bits per heavy atom. The molecule has 0 saturated carbocycles. The van der Waals surface area contributed by atoms with Gasteiger partial charge in [0.1, 0.15) is 5.75 Å². The van der Waals surface area contributed by atoms with Crippen molar-refractivity contribution in [2.24, 2.45) is 0 Å². The summed E-state index contributed by atoms with van der Waals surface area (Å²) in [5.74, 6) is 0.185. The van der Waals surface area contributed by atoms with E-state index in [0.717, 1.165) is 6.42 Å². The third kappa shape index (κ3) is 3.06. The number of nitrogens with zero attached hydrogens (tertiary/aromatic N) is 1. The van der Waals surface area contributed by atoms with Crippen molar-refractivity contribution >= 4 is 5.69 Å². The van der Waals surface area contributed by atoms with Gasteiger partial charge in [0, 0.05) is 23.3 Å². The lowest BCUT2D eigenvalue weighted by Crippen LogP contribution is -2.19. The van der Waals surface area contributed by atoms with Gasteiger partial charge in [0.05, 0.1) is 4.92 Å². The molecule has 4 heteroatoms. The van der Waals surface area contributed by atoms with E-state index in [1.165, 1.54) is 12.1 Å². The van der Waals surface area contributed by atoms with Gasteiger partial charge >= 0.3 is 0 Å². The minimum Gasteiger partial charge on any atom is -0.507 e. The number of phenols is 1. The zero-order valence-corrected chi connectivity index (χ0v) is 12.6. The molecule has 1 rings (SSSR count). The first-order chi connectivity index (χ1) is 8.50. The van der Waals surface area contributed by atoms with Gasteiger partial charge in [0.2, 0.25) is 0 Å². The molecule has 106 valence electrons. The van der Waals surface area contributed by atoms with Crippen LogP contribution in [0.5, 0.6) is 5.75 Å². The molecular formula is C15H23NO3. The average molecular weight is 265 g/mol. The summed E-state index contributed by atoms with van der Waals surface area (Å²) in [6, 6.07) is 2.97. The Kier molecular flexibility index (Phi) is 3.94. The summed E-state index contributed by atoms with van der Waals surface area (Å²) in [6.07, 6.45) is 0.797. The maximum absolute atomic E-state index is 11.1. The predicted octanol–water partition coefficient (Wildman–Crippen LogP) is 4.29. The number of nitro groups is 1. The van der Waals surface area contributed by atoms with Crippen molar-refractivity contribution in [3.63, 3.8) is 0 Å². The van der Waals surface area contributed by atoms with Crippen molar-refractivity contribution < 1.29 is 10.0 Å². The monoisotopic (exact) mass is 265 g/mol. The third-order valence-electron chi connectivity index (χ3n) is 3.73. The molecule has 0 aliphatic heterocycles. The molecule has 0 spiro atoms. The van der Waals surface area contributed by atoms with Crippen molar-refractivity contribution in [2.75, 3.05) is 0 Å². The predicted molar refractivity (Wildman–Crippen MR) is 76.8 cm³/mol. The number of nitro benzene ring substituents is 1. The third-order valence-corrected chi connectivity index (χ3v) is 3.73. The summed E-state index contributed by atoms with van der Waals surface area (Å²) in [7, 11) is 0. The van der Waals surface area contributed by atoms with Crippen molar-refractivity contribution in [3.8, 4) is 5.75 Å². The molecule has 0 heterocycles. The number of rotatable bonds is 3. The summed E-state index contributed by atoms with van der Waals surface area (Å²) in [4.78, 5) is 10.7. The van der Waals surface area contributed by atoms with E-state index >= 15 is 0 Å². The first kappa shape index (κ1) is 15.5. The number of phenolic OH excluding ortho intramolecular Hbond substituents is 1. The molecule has 1 aromatic carbocycles. The van der Waals surface area contributed by atoms with Crippen LogP contribution in [0.25, 0.3) is 0 Å². The van der Waals surface area contributed by atoms with E-state index in [-0.39, 0.29) is 22.3 Å². The molecule has 4 nitrogen and oxygen atoms in total. The number of hydrogen-bond acceptors (Lipinski definition) is 3. The van der Waals surface area contributed by atoms with E-state index in [0.29, 0.717) is 11.1 Å². The quantitative estimate of drug-likeness (QED) is 0.655. The van der Waals surface area contributed by atoms with Gasteiger partial charge in [-0.3, -0.25) is 10.1 Å². The highest BCUT2D eigenvalue weighted by Gasteiger charge is 2.30. The van der Waals surface area contributed by atoms with Crippen LogP contribution in [0, 0.1) is 10.1 Å². The molecule has 0 bridgehead atoms. The van der Waals surface area contributed by atoms with Crippen LogP contribution >= 0.6 is 0 Å². The summed E-state index contributed by atoms with van der Waals surface area (Å²) in [5.41, 5.74) is 0.678. The summed E-state index contributed by atoms with van der Waals surface area (Å²) >= 11 is 0. The molecule has 0 aliphatic rings. The standard InChI is InChI=1S/C15H23NO3/c1-7-15(5,6)12-9-10(16(18)19)8-11(13(12)17)14(2,3)4/h8-9,17H,7H2,1-6H3. The van der Waals surface area contributed by atoms with Gasteiger partial charge in [-0.1, -0.05) is 41.5 Å². The number of aromatic hydroxyl groups is 1. The van der Waals surface area contributed by atoms with E-state index in [1.54, 1.807) is 0 Å². The lowest BCUT2D eigenvalue weighted by molar-refractivity contribution is -0.385. The SMILES string of the molecule is CCC(C)(C)c1cc([N+](=O)[O-])cc(C(C)(C)C)c1O. The molecule has 0 saturated heterocycles. The Labute approximate surface area is 114 Å². The van der Waals surface area contributed by atoms with Gasteiger partial charge in [-0.2, -0.15) is 0 Å².